The van der Waals surface area contributed by atoms with E-state index in [0.29, 0.717) is 22.1 Å². The summed E-state index contributed by atoms with van der Waals surface area (Å²) >= 11 is 0. The predicted molar refractivity (Wildman–Crippen MR) is 114 cm³/mol. The molecule has 7 heteroatoms. The number of nitrogens with one attached hydrogen (secondary N) is 1. The third-order valence-corrected chi connectivity index (χ3v) is 5.27. The van der Waals surface area contributed by atoms with E-state index in [-0.39, 0.29) is 23.2 Å². The molecule has 2 amide bonds. The topological polar surface area (TPSA) is 116 Å². The Balaban J connectivity index is 1.77. The predicted octanol–water partition coefficient (Wildman–Crippen LogP) is 3.74. The number of rotatable bonds is 4. The minimum Gasteiger partial charge on any atom is -0.463 e. The maximum Gasteiger partial charge on any atom is 0.340 e. The van der Waals surface area contributed by atoms with E-state index in [9.17, 15) is 14.4 Å². The molecule has 0 radical (unpaired) electrons. The van der Waals surface area contributed by atoms with Crippen LogP contribution in [0.3, 0.4) is 0 Å². The number of benzene rings is 2. The Bertz CT molecular complexity index is 1390. The average Bonchev–Trinajstić information content (AvgIpc) is 3.07. The average molecular weight is 404 g/mol. The lowest BCUT2D eigenvalue weighted by atomic mass is 9.98. The van der Waals surface area contributed by atoms with E-state index in [2.05, 4.69) is 5.32 Å². The first kappa shape index (κ1) is 19.4. The Kier molecular flexibility index (Phi) is 4.66. The monoisotopic (exact) mass is 404 g/mol. The maximum atomic E-state index is 12.7. The van der Waals surface area contributed by atoms with Crippen molar-refractivity contribution >= 4 is 39.4 Å². The lowest BCUT2D eigenvalue weighted by Gasteiger charge is -2.11. The van der Waals surface area contributed by atoms with Gasteiger partial charge in [-0.05, 0) is 55.7 Å². The summed E-state index contributed by atoms with van der Waals surface area (Å²) in [5.74, 6) is -1.12. The molecule has 7 nitrogen and oxygen atoms in total. The third-order valence-electron chi connectivity index (χ3n) is 5.27. The van der Waals surface area contributed by atoms with Gasteiger partial charge in [-0.2, -0.15) is 0 Å². The number of para-hydroxylation sites is 1. The van der Waals surface area contributed by atoms with Crippen LogP contribution in [0.1, 0.15) is 32.6 Å². The highest BCUT2D eigenvalue weighted by Crippen LogP contribution is 2.34. The minimum absolute atomic E-state index is 0.191. The number of primary amides is 1. The van der Waals surface area contributed by atoms with Crippen molar-refractivity contribution in [3.05, 3.63) is 74.8 Å². The van der Waals surface area contributed by atoms with E-state index in [0.717, 1.165) is 16.5 Å². The van der Waals surface area contributed by atoms with E-state index >= 15 is 0 Å². The summed E-state index contributed by atoms with van der Waals surface area (Å²) < 4.78 is 11.3. The molecule has 0 aliphatic carbocycles. The third kappa shape index (κ3) is 3.14. The van der Waals surface area contributed by atoms with Crippen LogP contribution < -0.4 is 16.7 Å². The van der Waals surface area contributed by atoms with Gasteiger partial charge >= 0.3 is 5.63 Å². The van der Waals surface area contributed by atoms with Crippen molar-refractivity contribution in [2.45, 2.75) is 27.2 Å². The van der Waals surface area contributed by atoms with Gasteiger partial charge in [0.15, 0.2) is 0 Å². The van der Waals surface area contributed by atoms with Gasteiger partial charge in [0.1, 0.15) is 11.2 Å². The van der Waals surface area contributed by atoms with Crippen LogP contribution >= 0.6 is 0 Å². The Morgan fingerprint density at radius 3 is 2.53 bits per heavy atom. The molecular formula is C23H20N2O5. The van der Waals surface area contributed by atoms with Crippen LogP contribution in [0, 0.1) is 20.8 Å². The molecule has 0 fully saturated rings. The van der Waals surface area contributed by atoms with Crippen LogP contribution in [0.25, 0.3) is 21.9 Å². The van der Waals surface area contributed by atoms with Crippen LogP contribution in [-0.2, 0) is 11.2 Å². The molecule has 30 heavy (non-hydrogen) atoms. The first-order valence-corrected chi connectivity index (χ1v) is 9.40. The molecular weight excluding hydrogens is 384 g/mol. The number of hydrogen-bond acceptors (Lipinski definition) is 5. The van der Waals surface area contributed by atoms with Gasteiger partial charge < -0.3 is 19.9 Å². The second kappa shape index (κ2) is 7.18. The minimum atomic E-state index is -0.654. The second-order valence-corrected chi connectivity index (χ2v) is 7.32. The molecule has 0 saturated heterocycles. The van der Waals surface area contributed by atoms with Crippen LogP contribution in [-0.4, -0.2) is 11.8 Å². The molecule has 0 aliphatic rings. The van der Waals surface area contributed by atoms with Crippen LogP contribution in [0.2, 0.25) is 0 Å². The highest BCUT2D eigenvalue weighted by molar-refractivity contribution is 6.07. The number of anilines is 1. The fourth-order valence-corrected chi connectivity index (χ4v) is 3.84. The second-order valence-electron chi connectivity index (χ2n) is 7.32. The van der Waals surface area contributed by atoms with E-state index in [4.69, 9.17) is 14.6 Å². The number of carbonyl (C=O) groups is 2. The summed E-state index contributed by atoms with van der Waals surface area (Å²) in [6.45, 7) is 5.65. The molecule has 0 saturated carbocycles. The zero-order valence-corrected chi connectivity index (χ0v) is 16.8. The summed E-state index contributed by atoms with van der Waals surface area (Å²) in [6.07, 6.45) is 1.45. The van der Waals surface area contributed by atoms with Gasteiger partial charge in [-0.15, -0.1) is 0 Å². The molecule has 4 aromatic rings. The Morgan fingerprint density at radius 1 is 1.07 bits per heavy atom. The molecule has 0 bridgehead atoms. The SMILES string of the molecule is Cc1coc2c1c(C)cc1oc(=O)c(CC(=O)Nc3ccccc3C(N)=O)c(C)c12. The normalized spacial score (nSPS) is 11.2. The van der Waals surface area contributed by atoms with Gasteiger partial charge in [0, 0.05) is 5.39 Å². The number of carbonyl (C=O) groups excluding carboxylic acids is 2. The fourth-order valence-electron chi connectivity index (χ4n) is 3.84. The lowest BCUT2D eigenvalue weighted by molar-refractivity contribution is -0.115. The van der Waals surface area contributed by atoms with Gasteiger partial charge in [-0.1, -0.05) is 12.1 Å². The molecule has 2 aromatic heterocycles. The maximum absolute atomic E-state index is 12.7. The summed E-state index contributed by atoms with van der Waals surface area (Å²) in [7, 11) is 0. The van der Waals surface area contributed by atoms with Crippen molar-refractivity contribution in [1.82, 2.24) is 0 Å². The van der Waals surface area contributed by atoms with Crippen molar-refractivity contribution in [1.29, 1.82) is 0 Å². The first-order valence-electron chi connectivity index (χ1n) is 9.40. The molecule has 4 rings (SSSR count). The molecule has 0 unspecified atom stereocenters. The fraction of sp³-hybridized carbons (Fsp3) is 0.174. The van der Waals surface area contributed by atoms with Crippen LogP contribution in [0.5, 0.6) is 0 Å². The van der Waals surface area contributed by atoms with E-state index < -0.39 is 17.4 Å². The van der Waals surface area contributed by atoms with Crippen molar-refractivity contribution in [3.8, 4) is 0 Å². The van der Waals surface area contributed by atoms with Crippen molar-refractivity contribution in [2.75, 3.05) is 5.32 Å². The van der Waals surface area contributed by atoms with Crippen LogP contribution in [0.15, 0.2) is 50.2 Å². The zero-order chi connectivity index (χ0) is 21.6. The largest absolute Gasteiger partial charge is 0.463 e. The lowest BCUT2D eigenvalue weighted by Crippen LogP contribution is -2.22. The van der Waals surface area contributed by atoms with Gasteiger partial charge in [0.2, 0.25) is 5.91 Å². The quantitative estimate of drug-likeness (QED) is 0.503. The number of hydrogen-bond donors (Lipinski definition) is 2. The molecule has 2 heterocycles. The zero-order valence-electron chi connectivity index (χ0n) is 16.8. The summed E-state index contributed by atoms with van der Waals surface area (Å²) in [4.78, 5) is 36.8. The van der Waals surface area contributed by atoms with Crippen molar-refractivity contribution in [2.24, 2.45) is 5.73 Å². The van der Waals surface area contributed by atoms with Crippen LogP contribution in [0.4, 0.5) is 5.69 Å². The molecule has 2 aromatic carbocycles. The summed E-state index contributed by atoms with van der Waals surface area (Å²) in [6, 6.07) is 8.23. The standard InChI is InChI=1S/C23H20N2O5/c1-11-8-17-20(21-19(11)12(2)10-29-21)13(3)15(23(28)30-17)9-18(26)25-16-7-5-4-6-14(16)22(24)27/h4-8,10H,9H2,1-3H3,(H2,24,27)(H,25,26). The van der Waals surface area contributed by atoms with Gasteiger partial charge in [-0.25, -0.2) is 4.79 Å². The van der Waals surface area contributed by atoms with E-state index in [1.807, 2.05) is 19.9 Å². The number of aryl methyl sites for hydroxylation is 3. The number of furan rings is 1. The summed E-state index contributed by atoms with van der Waals surface area (Å²) in [5.41, 5.74) is 9.08. The molecule has 3 N–H and O–H groups in total. The Hall–Kier alpha value is -3.87. The van der Waals surface area contributed by atoms with Gasteiger partial charge in [0.05, 0.1) is 34.9 Å². The molecule has 0 atom stereocenters. The summed E-state index contributed by atoms with van der Waals surface area (Å²) in [5, 5.41) is 4.28. The smallest absolute Gasteiger partial charge is 0.340 e. The molecule has 0 spiro atoms. The van der Waals surface area contributed by atoms with E-state index in [1.54, 1.807) is 31.4 Å². The van der Waals surface area contributed by atoms with Crippen molar-refractivity contribution < 1.29 is 18.4 Å². The van der Waals surface area contributed by atoms with E-state index in [1.165, 1.54) is 6.07 Å². The highest BCUT2D eigenvalue weighted by atomic mass is 16.4. The first-order chi connectivity index (χ1) is 14.3. The number of amides is 2. The van der Waals surface area contributed by atoms with Crippen molar-refractivity contribution in [3.63, 3.8) is 0 Å². The number of nitrogens with two attached hydrogens (primary N) is 1. The Morgan fingerprint density at radius 2 is 1.80 bits per heavy atom. The number of fused-ring (bicyclic) bond motifs is 3. The van der Waals surface area contributed by atoms with Gasteiger partial charge in [-0.3, -0.25) is 9.59 Å². The van der Waals surface area contributed by atoms with Gasteiger partial charge in [0.25, 0.3) is 5.91 Å². The molecule has 0 aliphatic heterocycles. The Labute approximate surface area is 171 Å². The molecule has 152 valence electrons. The highest BCUT2D eigenvalue weighted by Gasteiger charge is 2.20.